The molecule has 0 heterocycles. The van der Waals surface area contributed by atoms with Crippen LogP contribution in [-0.2, 0) is 0 Å². The number of carbonyl (C=O) groups is 1. The molecule has 1 rings (SSSR count). The van der Waals surface area contributed by atoms with Crippen molar-refractivity contribution in [2.75, 3.05) is 0 Å². The molecular formula is C11H12N3O7-. The number of hydroxylamine groups is 2. The number of carbonyl (C=O) groups excluding carboxylic acids is 1. The summed E-state index contributed by atoms with van der Waals surface area (Å²) in [4.78, 5) is 35.8. The van der Waals surface area contributed by atoms with E-state index in [2.05, 4.69) is 0 Å². The highest BCUT2D eigenvalue weighted by Crippen LogP contribution is 2.32. The maximum absolute atomic E-state index is 11.0. The number of carboxylic acid groups (broad SMARTS) is 1. The van der Waals surface area contributed by atoms with Crippen LogP contribution < -0.4 is 9.94 Å². The Hall–Kier alpha value is -2.91. The largest absolute Gasteiger partial charge is 0.528 e. The zero-order valence-corrected chi connectivity index (χ0v) is 11.4. The minimum Gasteiger partial charge on any atom is -0.528 e. The van der Waals surface area contributed by atoms with Gasteiger partial charge in [0.25, 0.3) is 5.69 Å². The van der Waals surface area contributed by atoms with Gasteiger partial charge in [-0.05, 0) is 26.8 Å². The first kappa shape index (κ1) is 16.1. The third-order valence-electron chi connectivity index (χ3n) is 2.31. The second-order valence-electron chi connectivity index (χ2n) is 4.99. The summed E-state index contributed by atoms with van der Waals surface area (Å²) >= 11 is 0. The Bertz CT molecular complexity index is 594. The molecule has 0 radical (unpaired) electrons. The molecule has 21 heavy (non-hydrogen) atoms. The van der Waals surface area contributed by atoms with Gasteiger partial charge in [-0.15, -0.1) is 0 Å². The standard InChI is InChI=1S/C11H13N3O7/c1-11(2,3)12(10(15)16)21-9-5-4-7(13(17)18)6-8(9)14(19)20/h4-6H,1-3H3,(H,15,16)/p-1. The van der Waals surface area contributed by atoms with Crippen LogP contribution >= 0.6 is 0 Å². The highest BCUT2D eigenvalue weighted by molar-refractivity contribution is 5.63. The van der Waals surface area contributed by atoms with Gasteiger partial charge < -0.3 is 14.7 Å². The third kappa shape index (κ3) is 3.78. The quantitative estimate of drug-likeness (QED) is 0.601. The van der Waals surface area contributed by atoms with Crippen LogP contribution in [0.3, 0.4) is 0 Å². The number of benzene rings is 1. The first-order valence-electron chi connectivity index (χ1n) is 5.66. The van der Waals surface area contributed by atoms with Crippen molar-refractivity contribution in [3.63, 3.8) is 0 Å². The van der Waals surface area contributed by atoms with E-state index < -0.39 is 38.6 Å². The molecule has 0 saturated heterocycles. The van der Waals surface area contributed by atoms with E-state index in [4.69, 9.17) is 4.84 Å². The Morgan fingerprint density at radius 2 is 1.76 bits per heavy atom. The molecule has 0 fully saturated rings. The molecule has 0 unspecified atom stereocenters. The molecule has 0 spiro atoms. The van der Waals surface area contributed by atoms with Crippen LogP contribution in [0.25, 0.3) is 0 Å². The molecule has 0 N–H and O–H groups in total. The van der Waals surface area contributed by atoms with Gasteiger partial charge in [0.2, 0.25) is 5.75 Å². The van der Waals surface area contributed by atoms with Crippen LogP contribution in [0, 0.1) is 20.2 Å². The fraction of sp³-hybridized carbons (Fsp3) is 0.364. The van der Waals surface area contributed by atoms with Crippen molar-refractivity contribution < 1.29 is 24.6 Å². The minimum atomic E-state index is -1.70. The van der Waals surface area contributed by atoms with Gasteiger partial charge in [-0.1, -0.05) is 0 Å². The molecule has 0 aliphatic rings. The van der Waals surface area contributed by atoms with E-state index in [9.17, 15) is 30.1 Å². The van der Waals surface area contributed by atoms with Crippen LogP contribution in [0.4, 0.5) is 16.2 Å². The third-order valence-corrected chi connectivity index (χ3v) is 2.31. The topological polar surface area (TPSA) is 139 Å². The molecule has 10 nitrogen and oxygen atoms in total. The summed E-state index contributed by atoms with van der Waals surface area (Å²) in [6.07, 6.45) is -1.70. The van der Waals surface area contributed by atoms with Gasteiger partial charge in [-0.2, -0.15) is 5.06 Å². The SMILES string of the molecule is CC(C)(C)N(Oc1ccc([N+](=O)[O-])cc1[N+](=O)[O-])C(=O)[O-]. The Morgan fingerprint density at radius 1 is 1.19 bits per heavy atom. The van der Waals surface area contributed by atoms with Crippen LogP contribution in [0.15, 0.2) is 18.2 Å². The number of nitrogens with zero attached hydrogens (tertiary/aromatic N) is 3. The van der Waals surface area contributed by atoms with Gasteiger partial charge >= 0.3 is 5.69 Å². The van der Waals surface area contributed by atoms with Gasteiger partial charge in [0, 0.05) is 6.07 Å². The molecule has 0 saturated carbocycles. The average molecular weight is 298 g/mol. The van der Waals surface area contributed by atoms with Crippen LogP contribution in [0.1, 0.15) is 20.8 Å². The van der Waals surface area contributed by atoms with Crippen LogP contribution in [-0.4, -0.2) is 26.5 Å². The van der Waals surface area contributed by atoms with Crippen molar-refractivity contribution in [1.82, 2.24) is 5.06 Å². The maximum Gasteiger partial charge on any atom is 0.321 e. The Labute approximate surface area is 118 Å². The first-order valence-corrected chi connectivity index (χ1v) is 5.66. The second-order valence-corrected chi connectivity index (χ2v) is 4.99. The molecule has 1 amide bonds. The smallest absolute Gasteiger partial charge is 0.321 e. The predicted octanol–water partition coefficient (Wildman–Crippen LogP) is 1.24. The summed E-state index contributed by atoms with van der Waals surface area (Å²) in [6.45, 7) is 4.46. The molecule has 0 bridgehead atoms. The van der Waals surface area contributed by atoms with Crippen molar-refractivity contribution in [3.8, 4) is 5.75 Å². The molecule has 10 heteroatoms. The molecule has 1 aromatic rings. The maximum atomic E-state index is 11.0. The minimum absolute atomic E-state index is 0.418. The van der Waals surface area contributed by atoms with Crippen molar-refractivity contribution in [1.29, 1.82) is 0 Å². The Balaban J connectivity index is 3.27. The van der Waals surface area contributed by atoms with Gasteiger partial charge in [-0.25, -0.2) is 0 Å². The second kappa shape index (κ2) is 5.61. The van der Waals surface area contributed by atoms with Crippen molar-refractivity contribution in [2.24, 2.45) is 0 Å². The van der Waals surface area contributed by atoms with Gasteiger partial charge in [-0.3, -0.25) is 20.2 Å². The summed E-state index contributed by atoms with van der Waals surface area (Å²) < 4.78 is 0. The highest BCUT2D eigenvalue weighted by Gasteiger charge is 2.28. The van der Waals surface area contributed by atoms with E-state index in [0.717, 1.165) is 12.1 Å². The van der Waals surface area contributed by atoms with Crippen molar-refractivity contribution in [3.05, 3.63) is 38.4 Å². The fourth-order valence-electron chi connectivity index (χ4n) is 1.39. The zero-order chi connectivity index (χ0) is 16.4. The number of amides is 1. The molecule has 0 aliphatic heterocycles. The number of nitro groups is 2. The monoisotopic (exact) mass is 298 g/mol. The van der Waals surface area contributed by atoms with E-state index in [1.54, 1.807) is 0 Å². The van der Waals surface area contributed by atoms with E-state index in [-0.39, 0.29) is 0 Å². The number of rotatable bonds is 4. The Kier molecular flexibility index (Phi) is 4.31. The van der Waals surface area contributed by atoms with Gasteiger partial charge in [0.1, 0.15) is 0 Å². The highest BCUT2D eigenvalue weighted by atomic mass is 16.7. The molecule has 0 aromatic heterocycles. The number of non-ortho nitro benzene ring substituents is 1. The summed E-state index contributed by atoms with van der Waals surface area (Å²) in [6, 6.07) is 2.61. The Morgan fingerprint density at radius 3 is 2.14 bits per heavy atom. The lowest BCUT2D eigenvalue weighted by atomic mass is 10.1. The van der Waals surface area contributed by atoms with E-state index in [1.807, 2.05) is 0 Å². The molecule has 114 valence electrons. The fourth-order valence-corrected chi connectivity index (χ4v) is 1.39. The lowest BCUT2D eigenvalue weighted by molar-refractivity contribution is -0.395. The lowest BCUT2D eigenvalue weighted by Crippen LogP contribution is -2.53. The summed E-state index contributed by atoms with van der Waals surface area (Å²) in [7, 11) is 0. The average Bonchev–Trinajstić information content (AvgIpc) is 2.33. The van der Waals surface area contributed by atoms with Crippen molar-refractivity contribution in [2.45, 2.75) is 26.3 Å². The van der Waals surface area contributed by atoms with E-state index in [1.165, 1.54) is 20.8 Å². The normalized spacial score (nSPS) is 10.8. The number of hydrogen-bond donors (Lipinski definition) is 0. The summed E-state index contributed by atoms with van der Waals surface area (Å²) in [5, 5.41) is 33.0. The van der Waals surface area contributed by atoms with Gasteiger partial charge in [0.05, 0.1) is 21.5 Å². The molecule has 0 aliphatic carbocycles. The van der Waals surface area contributed by atoms with Gasteiger partial charge in [0.15, 0.2) is 6.09 Å². The van der Waals surface area contributed by atoms with E-state index in [0.29, 0.717) is 11.1 Å². The van der Waals surface area contributed by atoms with Crippen LogP contribution in [0.2, 0.25) is 0 Å². The van der Waals surface area contributed by atoms with E-state index >= 15 is 0 Å². The molecule has 0 atom stereocenters. The zero-order valence-electron chi connectivity index (χ0n) is 11.4. The molecular weight excluding hydrogens is 286 g/mol. The summed E-state index contributed by atoms with van der Waals surface area (Å²) in [5.74, 6) is -0.440. The first-order chi connectivity index (χ1) is 9.54. The lowest BCUT2D eigenvalue weighted by Gasteiger charge is -2.35. The number of hydrogen-bond acceptors (Lipinski definition) is 7. The number of nitro benzene ring substituents is 2. The van der Waals surface area contributed by atoms with Crippen molar-refractivity contribution >= 4 is 17.5 Å². The van der Waals surface area contributed by atoms with Crippen LogP contribution in [0.5, 0.6) is 5.75 Å². The summed E-state index contributed by atoms with van der Waals surface area (Å²) in [5.41, 5.74) is -2.28. The molecule has 1 aromatic carbocycles. The predicted molar refractivity (Wildman–Crippen MR) is 67.4 cm³/mol.